The van der Waals surface area contributed by atoms with Crippen molar-refractivity contribution in [3.8, 4) is 0 Å². The average Bonchev–Trinajstić information content (AvgIpc) is 2.31. The number of nitrogens with one attached hydrogen (secondary N) is 3. The van der Waals surface area contributed by atoms with Crippen LogP contribution >= 0.6 is 0 Å². The number of hydrogen-bond acceptors (Lipinski definition) is 3. The molecule has 5 heteroatoms. The lowest BCUT2D eigenvalue weighted by molar-refractivity contribution is -0.123. The van der Waals surface area contributed by atoms with E-state index in [-0.39, 0.29) is 17.9 Å². The standard InChI is InChI=1S/C14H27N3O2/c1-10(2)9-14(19)16-8-6-13(18)17-12-5-4-7-15-11(12)3/h10-12,15H,4-9H2,1-3H3,(H,16,19)(H,17,18). The Labute approximate surface area is 115 Å². The Kier molecular flexibility index (Phi) is 6.84. The molecule has 0 aromatic rings. The lowest BCUT2D eigenvalue weighted by atomic mass is 10.00. The topological polar surface area (TPSA) is 70.2 Å². The van der Waals surface area contributed by atoms with Crippen LogP contribution in [0.15, 0.2) is 0 Å². The lowest BCUT2D eigenvalue weighted by Crippen LogP contribution is -2.52. The molecule has 110 valence electrons. The molecule has 0 saturated carbocycles. The molecule has 2 atom stereocenters. The normalized spacial score (nSPS) is 23.2. The van der Waals surface area contributed by atoms with Crippen molar-refractivity contribution in [2.24, 2.45) is 5.92 Å². The number of hydrogen-bond donors (Lipinski definition) is 3. The Balaban J connectivity index is 2.15. The molecule has 1 aliphatic heterocycles. The van der Waals surface area contributed by atoms with Gasteiger partial charge in [0, 0.05) is 31.5 Å². The third-order valence-corrected chi connectivity index (χ3v) is 3.38. The third kappa shape index (κ3) is 6.57. The minimum Gasteiger partial charge on any atom is -0.356 e. The van der Waals surface area contributed by atoms with Gasteiger partial charge in [-0.05, 0) is 32.2 Å². The maximum atomic E-state index is 11.8. The Bertz CT molecular complexity index is 305. The summed E-state index contributed by atoms with van der Waals surface area (Å²) in [6.07, 6.45) is 3.00. The van der Waals surface area contributed by atoms with Crippen molar-refractivity contribution in [2.45, 2.75) is 58.5 Å². The molecule has 0 aliphatic carbocycles. The summed E-state index contributed by atoms with van der Waals surface area (Å²) in [6, 6.07) is 0.542. The molecule has 0 aromatic carbocycles. The van der Waals surface area contributed by atoms with Crippen molar-refractivity contribution in [1.82, 2.24) is 16.0 Å². The van der Waals surface area contributed by atoms with Crippen molar-refractivity contribution >= 4 is 11.8 Å². The summed E-state index contributed by atoms with van der Waals surface area (Å²) < 4.78 is 0. The Morgan fingerprint density at radius 2 is 2.05 bits per heavy atom. The maximum absolute atomic E-state index is 11.8. The van der Waals surface area contributed by atoms with Crippen molar-refractivity contribution in [3.05, 3.63) is 0 Å². The quantitative estimate of drug-likeness (QED) is 0.668. The summed E-state index contributed by atoms with van der Waals surface area (Å²) in [5.74, 6) is 0.392. The van der Waals surface area contributed by atoms with Crippen molar-refractivity contribution in [1.29, 1.82) is 0 Å². The molecule has 2 amide bonds. The van der Waals surface area contributed by atoms with E-state index in [1.165, 1.54) is 0 Å². The summed E-state index contributed by atoms with van der Waals surface area (Å²) >= 11 is 0. The van der Waals surface area contributed by atoms with Gasteiger partial charge in [-0.1, -0.05) is 13.8 Å². The molecule has 2 unspecified atom stereocenters. The summed E-state index contributed by atoms with van der Waals surface area (Å²) in [5.41, 5.74) is 0. The molecule has 0 aromatic heterocycles. The molecule has 0 radical (unpaired) electrons. The summed E-state index contributed by atoms with van der Waals surface area (Å²) in [6.45, 7) is 7.55. The molecule has 3 N–H and O–H groups in total. The van der Waals surface area contributed by atoms with E-state index in [1.807, 2.05) is 13.8 Å². The van der Waals surface area contributed by atoms with Gasteiger partial charge in [0.2, 0.25) is 11.8 Å². The molecule has 1 saturated heterocycles. The second-order valence-electron chi connectivity index (χ2n) is 5.76. The Morgan fingerprint density at radius 1 is 1.32 bits per heavy atom. The van der Waals surface area contributed by atoms with Crippen LogP contribution in [0.1, 0.15) is 46.5 Å². The van der Waals surface area contributed by atoms with Gasteiger partial charge in [0.1, 0.15) is 0 Å². The molecule has 1 aliphatic rings. The first-order valence-corrected chi connectivity index (χ1v) is 7.28. The zero-order chi connectivity index (χ0) is 14.3. The number of carbonyl (C=O) groups excluding carboxylic acids is 2. The first kappa shape index (κ1) is 16.0. The van der Waals surface area contributed by atoms with Crippen LogP contribution in [-0.4, -0.2) is 37.0 Å². The predicted molar refractivity (Wildman–Crippen MR) is 75.7 cm³/mol. The van der Waals surface area contributed by atoms with Gasteiger partial charge in [0.25, 0.3) is 0 Å². The maximum Gasteiger partial charge on any atom is 0.222 e. The number of rotatable bonds is 6. The molecule has 1 fully saturated rings. The second-order valence-corrected chi connectivity index (χ2v) is 5.76. The molecular weight excluding hydrogens is 242 g/mol. The Hall–Kier alpha value is -1.10. The van der Waals surface area contributed by atoms with Crippen LogP contribution in [0.4, 0.5) is 0 Å². The minimum absolute atomic E-state index is 0.0189. The van der Waals surface area contributed by atoms with Crippen LogP contribution in [0.5, 0.6) is 0 Å². The monoisotopic (exact) mass is 269 g/mol. The zero-order valence-electron chi connectivity index (χ0n) is 12.3. The smallest absolute Gasteiger partial charge is 0.222 e. The van der Waals surface area contributed by atoms with Gasteiger partial charge in [0.05, 0.1) is 0 Å². The van der Waals surface area contributed by atoms with Gasteiger partial charge >= 0.3 is 0 Å². The highest BCUT2D eigenvalue weighted by Gasteiger charge is 2.21. The van der Waals surface area contributed by atoms with Crippen molar-refractivity contribution in [2.75, 3.05) is 13.1 Å². The third-order valence-electron chi connectivity index (χ3n) is 3.38. The van der Waals surface area contributed by atoms with Gasteiger partial charge in [-0.25, -0.2) is 0 Å². The minimum atomic E-state index is 0.0189. The van der Waals surface area contributed by atoms with E-state index in [1.54, 1.807) is 0 Å². The van der Waals surface area contributed by atoms with Crippen LogP contribution in [0, 0.1) is 5.92 Å². The fourth-order valence-corrected chi connectivity index (χ4v) is 2.28. The first-order valence-electron chi connectivity index (χ1n) is 7.28. The van der Waals surface area contributed by atoms with E-state index in [9.17, 15) is 9.59 Å². The van der Waals surface area contributed by atoms with Crippen LogP contribution < -0.4 is 16.0 Å². The van der Waals surface area contributed by atoms with E-state index in [0.717, 1.165) is 19.4 Å². The highest BCUT2D eigenvalue weighted by Crippen LogP contribution is 2.08. The number of piperidine rings is 1. The SMILES string of the molecule is CC(C)CC(=O)NCCC(=O)NC1CCCNC1C. The lowest BCUT2D eigenvalue weighted by Gasteiger charge is -2.30. The molecule has 19 heavy (non-hydrogen) atoms. The van der Waals surface area contributed by atoms with Crippen LogP contribution in [0.2, 0.25) is 0 Å². The van der Waals surface area contributed by atoms with E-state index >= 15 is 0 Å². The molecule has 1 rings (SSSR count). The van der Waals surface area contributed by atoms with Crippen LogP contribution in [0.25, 0.3) is 0 Å². The van der Waals surface area contributed by atoms with E-state index in [4.69, 9.17) is 0 Å². The van der Waals surface area contributed by atoms with E-state index in [0.29, 0.717) is 31.3 Å². The van der Waals surface area contributed by atoms with Crippen LogP contribution in [0.3, 0.4) is 0 Å². The fraction of sp³-hybridized carbons (Fsp3) is 0.857. The highest BCUT2D eigenvalue weighted by molar-refractivity contribution is 5.79. The largest absolute Gasteiger partial charge is 0.356 e. The molecule has 0 spiro atoms. The van der Waals surface area contributed by atoms with Crippen molar-refractivity contribution < 1.29 is 9.59 Å². The second kappa shape index (κ2) is 8.15. The van der Waals surface area contributed by atoms with Gasteiger partial charge in [0.15, 0.2) is 0 Å². The molecular formula is C14H27N3O2. The highest BCUT2D eigenvalue weighted by atomic mass is 16.2. The van der Waals surface area contributed by atoms with Gasteiger partial charge in [-0.15, -0.1) is 0 Å². The first-order chi connectivity index (χ1) is 8.99. The van der Waals surface area contributed by atoms with E-state index in [2.05, 4.69) is 22.9 Å². The summed E-state index contributed by atoms with van der Waals surface area (Å²) in [7, 11) is 0. The van der Waals surface area contributed by atoms with Crippen molar-refractivity contribution in [3.63, 3.8) is 0 Å². The number of carbonyl (C=O) groups is 2. The Morgan fingerprint density at radius 3 is 2.68 bits per heavy atom. The predicted octanol–water partition coefficient (Wildman–Crippen LogP) is 0.796. The molecule has 1 heterocycles. The van der Waals surface area contributed by atoms with Gasteiger partial charge < -0.3 is 16.0 Å². The van der Waals surface area contributed by atoms with Crippen LogP contribution in [-0.2, 0) is 9.59 Å². The molecule has 5 nitrogen and oxygen atoms in total. The zero-order valence-corrected chi connectivity index (χ0v) is 12.3. The fourth-order valence-electron chi connectivity index (χ4n) is 2.28. The van der Waals surface area contributed by atoms with Gasteiger partial charge in [-0.3, -0.25) is 9.59 Å². The summed E-state index contributed by atoms with van der Waals surface area (Å²) in [4.78, 5) is 23.2. The number of amides is 2. The van der Waals surface area contributed by atoms with Gasteiger partial charge in [-0.2, -0.15) is 0 Å². The average molecular weight is 269 g/mol. The van der Waals surface area contributed by atoms with E-state index < -0.39 is 0 Å². The molecule has 0 bridgehead atoms. The summed E-state index contributed by atoms with van der Waals surface area (Å²) in [5, 5.41) is 9.16.